The maximum absolute atomic E-state index is 12.1. The van der Waals surface area contributed by atoms with E-state index in [-0.39, 0.29) is 35.0 Å². The van der Waals surface area contributed by atoms with Crippen LogP contribution >= 0.6 is 0 Å². The van der Waals surface area contributed by atoms with Crippen LogP contribution in [0.3, 0.4) is 0 Å². The zero-order valence-corrected chi connectivity index (χ0v) is 11.4. The molecule has 0 aliphatic carbocycles. The van der Waals surface area contributed by atoms with Crippen molar-refractivity contribution in [3.63, 3.8) is 0 Å². The van der Waals surface area contributed by atoms with Gasteiger partial charge in [-0.15, -0.1) is 0 Å². The van der Waals surface area contributed by atoms with E-state index in [0.29, 0.717) is 13.0 Å². The van der Waals surface area contributed by atoms with Gasteiger partial charge in [0.25, 0.3) is 0 Å². The van der Waals surface area contributed by atoms with Crippen LogP contribution in [0, 0.1) is 0 Å². The molecule has 0 saturated carbocycles. The zero-order chi connectivity index (χ0) is 12.8. The number of piperazine rings is 1. The van der Waals surface area contributed by atoms with Crippen LogP contribution < -0.4 is 5.32 Å². The van der Waals surface area contributed by atoms with Crippen molar-refractivity contribution in [3.8, 4) is 0 Å². The van der Waals surface area contributed by atoms with Gasteiger partial charge >= 0.3 is 0 Å². The van der Waals surface area contributed by atoms with Crippen molar-refractivity contribution in [3.05, 3.63) is 0 Å². The quantitative estimate of drug-likeness (QED) is 0.707. The van der Waals surface area contributed by atoms with Crippen LogP contribution in [0.25, 0.3) is 0 Å². The van der Waals surface area contributed by atoms with Gasteiger partial charge in [-0.1, -0.05) is 0 Å². The first-order valence-corrected chi connectivity index (χ1v) is 7.81. The first kappa shape index (κ1) is 12.8. The van der Waals surface area contributed by atoms with Crippen molar-refractivity contribution in [2.75, 3.05) is 18.1 Å². The number of hydrogen-bond acceptors (Lipinski definition) is 4. The van der Waals surface area contributed by atoms with Gasteiger partial charge in [0, 0.05) is 18.1 Å². The number of amides is 1. The third-order valence-corrected chi connectivity index (χ3v) is 5.23. The van der Waals surface area contributed by atoms with Gasteiger partial charge < -0.3 is 4.90 Å². The van der Waals surface area contributed by atoms with E-state index in [4.69, 9.17) is 0 Å². The fourth-order valence-electron chi connectivity index (χ4n) is 2.78. The summed E-state index contributed by atoms with van der Waals surface area (Å²) in [6.07, 6.45) is 0.580. The Morgan fingerprint density at radius 1 is 1.41 bits per heavy atom. The topological polar surface area (TPSA) is 66.5 Å². The molecule has 0 aromatic heterocycles. The Morgan fingerprint density at radius 3 is 2.59 bits per heavy atom. The molecule has 2 rings (SSSR count). The lowest BCUT2D eigenvalue weighted by Gasteiger charge is -2.44. The second-order valence-corrected chi connectivity index (χ2v) is 8.00. The predicted octanol–water partition coefficient (Wildman–Crippen LogP) is -0.228. The van der Waals surface area contributed by atoms with Gasteiger partial charge in [0.1, 0.15) is 0 Å². The van der Waals surface area contributed by atoms with Crippen LogP contribution in [-0.2, 0) is 14.6 Å². The fraction of sp³-hybridized carbons (Fsp3) is 0.909. The normalized spacial score (nSPS) is 36.2. The lowest BCUT2D eigenvalue weighted by molar-refractivity contribution is -0.140. The first-order valence-electron chi connectivity index (χ1n) is 5.99. The third kappa shape index (κ3) is 2.63. The van der Waals surface area contributed by atoms with Gasteiger partial charge in [0.05, 0.1) is 17.5 Å². The summed E-state index contributed by atoms with van der Waals surface area (Å²) < 4.78 is 23.0. The van der Waals surface area contributed by atoms with E-state index < -0.39 is 9.84 Å². The molecule has 1 N–H and O–H groups in total. The van der Waals surface area contributed by atoms with Crippen molar-refractivity contribution >= 4 is 15.7 Å². The average Bonchev–Trinajstić information content (AvgIpc) is 2.52. The van der Waals surface area contributed by atoms with E-state index in [1.54, 1.807) is 4.90 Å². The molecule has 17 heavy (non-hydrogen) atoms. The van der Waals surface area contributed by atoms with E-state index in [1.807, 2.05) is 20.8 Å². The molecule has 5 nitrogen and oxygen atoms in total. The summed E-state index contributed by atoms with van der Waals surface area (Å²) in [4.78, 5) is 13.8. The molecule has 2 aliphatic heterocycles. The van der Waals surface area contributed by atoms with Crippen LogP contribution in [0.15, 0.2) is 0 Å². The van der Waals surface area contributed by atoms with Crippen LogP contribution in [0.4, 0.5) is 0 Å². The number of nitrogens with zero attached hydrogens (tertiary/aromatic N) is 1. The van der Waals surface area contributed by atoms with Crippen LogP contribution in [0.5, 0.6) is 0 Å². The minimum Gasteiger partial charge on any atom is -0.335 e. The van der Waals surface area contributed by atoms with Gasteiger partial charge in [-0.05, 0) is 27.2 Å². The SMILES string of the molecule is CC1NC(C)(C)CN(C2CCS(=O)(=O)C2)C1=O. The minimum absolute atomic E-state index is 0.0198. The standard InChI is InChI=1S/C11H20N2O3S/c1-8-10(14)13(7-11(2,3)12-8)9-4-5-17(15,16)6-9/h8-9,12H,4-7H2,1-3H3. The molecule has 0 bridgehead atoms. The van der Waals surface area contributed by atoms with Crippen LogP contribution in [0.1, 0.15) is 27.2 Å². The van der Waals surface area contributed by atoms with Gasteiger partial charge in [0.2, 0.25) is 5.91 Å². The van der Waals surface area contributed by atoms with Crippen molar-refractivity contribution in [2.45, 2.75) is 44.8 Å². The summed E-state index contributed by atoms with van der Waals surface area (Å²) in [6, 6.07) is -0.363. The molecule has 1 amide bonds. The van der Waals surface area contributed by atoms with E-state index >= 15 is 0 Å². The predicted molar refractivity (Wildman–Crippen MR) is 65.4 cm³/mol. The second-order valence-electron chi connectivity index (χ2n) is 5.77. The maximum atomic E-state index is 12.1. The van der Waals surface area contributed by atoms with Crippen molar-refractivity contribution in [2.24, 2.45) is 0 Å². The summed E-state index contributed by atoms with van der Waals surface area (Å²) in [5.41, 5.74) is -0.153. The second kappa shape index (κ2) is 3.95. The molecular formula is C11H20N2O3S. The average molecular weight is 260 g/mol. The van der Waals surface area contributed by atoms with E-state index in [0.717, 1.165) is 0 Å². The van der Waals surface area contributed by atoms with Crippen molar-refractivity contribution in [1.82, 2.24) is 10.2 Å². The molecule has 0 radical (unpaired) electrons. The highest BCUT2D eigenvalue weighted by Gasteiger charge is 2.42. The molecule has 2 aliphatic rings. The Hall–Kier alpha value is -0.620. The lowest BCUT2D eigenvalue weighted by atomic mass is 9.97. The van der Waals surface area contributed by atoms with Gasteiger partial charge in [0.15, 0.2) is 9.84 Å². The Morgan fingerprint density at radius 2 is 2.06 bits per heavy atom. The number of hydrogen-bond donors (Lipinski definition) is 1. The largest absolute Gasteiger partial charge is 0.335 e. The van der Waals surface area contributed by atoms with E-state index in [2.05, 4.69) is 5.32 Å². The van der Waals surface area contributed by atoms with Crippen LogP contribution in [-0.4, -0.2) is 54.9 Å². The van der Waals surface area contributed by atoms with E-state index in [1.165, 1.54) is 0 Å². The zero-order valence-electron chi connectivity index (χ0n) is 10.6. The smallest absolute Gasteiger partial charge is 0.239 e. The summed E-state index contributed by atoms with van der Waals surface area (Å²) >= 11 is 0. The Bertz CT molecular complexity index is 430. The van der Waals surface area contributed by atoms with Crippen molar-refractivity contribution in [1.29, 1.82) is 0 Å². The summed E-state index contributed by atoms with van der Waals surface area (Å²) in [5, 5.41) is 3.24. The summed E-state index contributed by atoms with van der Waals surface area (Å²) in [5.74, 6) is 0.358. The number of rotatable bonds is 1. The Labute approximate surface area is 102 Å². The first-order chi connectivity index (χ1) is 7.70. The van der Waals surface area contributed by atoms with Crippen molar-refractivity contribution < 1.29 is 13.2 Å². The minimum atomic E-state index is -2.94. The lowest BCUT2D eigenvalue weighted by Crippen LogP contribution is -2.66. The number of sulfone groups is 1. The molecule has 0 aromatic carbocycles. The molecule has 2 heterocycles. The Balaban J connectivity index is 2.17. The molecule has 2 saturated heterocycles. The van der Waals surface area contributed by atoms with Gasteiger partial charge in [-0.2, -0.15) is 0 Å². The van der Waals surface area contributed by atoms with Crippen LogP contribution in [0.2, 0.25) is 0 Å². The highest BCUT2D eigenvalue weighted by molar-refractivity contribution is 7.91. The third-order valence-electron chi connectivity index (χ3n) is 3.48. The monoisotopic (exact) mass is 260 g/mol. The number of nitrogens with one attached hydrogen (secondary N) is 1. The number of carbonyl (C=O) groups is 1. The molecule has 2 atom stereocenters. The molecule has 2 unspecified atom stereocenters. The molecule has 0 aromatic rings. The maximum Gasteiger partial charge on any atom is 0.239 e. The van der Waals surface area contributed by atoms with Gasteiger partial charge in [-0.3, -0.25) is 10.1 Å². The molecule has 0 spiro atoms. The molecule has 98 valence electrons. The molecule has 2 fully saturated rings. The van der Waals surface area contributed by atoms with E-state index in [9.17, 15) is 13.2 Å². The highest BCUT2D eigenvalue weighted by Crippen LogP contribution is 2.24. The summed E-state index contributed by atoms with van der Waals surface area (Å²) in [6.45, 7) is 6.48. The Kier molecular flexibility index (Phi) is 2.98. The number of carbonyl (C=O) groups excluding carboxylic acids is 1. The molecule has 6 heteroatoms. The highest BCUT2D eigenvalue weighted by atomic mass is 32.2. The summed E-state index contributed by atoms with van der Waals surface area (Å²) in [7, 11) is -2.94. The van der Waals surface area contributed by atoms with Gasteiger partial charge in [-0.25, -0.2) is 8.42 Å². The molecular weight excluding hydrogens is 240 g/mol. The fourth-order valence-corrected chi connectivity index (χ4v) is 4.51.